The molecule has 0 saturated carbocycles. The second-order valence-corrected chi connectivity index (χ2v) is 2.97. The number of hydrogen-bond acceptors (Lipinski definition) is 2. The summed E-state index contributed by atoms with van der Waals surface area (Å²) in [5.41, 5.74) is 0.939. The maximum atomic E-state index is 10.9. The average Bonchev–Trinajstić information content (AvgIpc) is 2.18. The smallest absolute Gasteiger partial charge is 0.318 e. The van der Waals surface area contributed by atoms with Gasteiger partial charge in [0.25, 0.3) is 0 Å². The van der Waals surface area contributed by atoms with Crippen molar-refractivity contribution >= 4 is 29.6 Å². The van der Waals surface area contributed by atoms with Crippen LogP contribution in [0.4, 0.5) is 10.5 Å². The fraction of sp³-hybridized carbons (Fsp3) is 0.111. The third-order valence-electron chi connectivity index (χ3n) is 1.61. The Labute approximate surface area is 86.3 Å². The van der Waals surface area contributed by atoms with Crippen molar-refractivity contribution in [2.45, 2.75) is 0 Å². The normalized spacial score (nSPS) is 9.29. The maximum Gasteiger partial charge on any atom is 0.318 e. The molecule has 0 saturated heterocycles. The summed E-state index contributed by atoms with van der Waals surface area (Å²) < 4.78 is 0. The van der Waals surface area contributed by atoms with Crippen molar-refractivity contribution in [3.05, 3.63) is 28.8 Å². The molecule has 0 aliphatic carbocycles. The zero-order valence-corrected chi connectivity index (χ0v) is 8.26. The monoisotopic (exact) mass is 212 g/mol. The van der Waals surface area contributed by atoms with Crippen LogP contribution in [0.5, 0.6) is 0 Å². The number of carbonyl (C=O) groups excluding carboxylic acids is 2. The van der Waals surface area contributed by atoms with Crippen molar-refractivity contribution in [2.75, 3.05) is 12.4 Å². The molecule has 0 aliphatic heterocycles. The Morgan fingerprint density at radius 2 is 2.21 bits per heavy atom. The maximum absolute atomic E-state index is 10.9. The first-order chi connectivity index (χ1) is 6.67. The number of benzene rings is 1. The number of rotatable bonds is 2. The van der Waals surface area contributed by atoms with Crippen molar-refractivity contribution in [2.24, 2.45) is 0 Å². The van der Waals surface area contributed by atoms with E-state index in [9.17, 15) is 9.59 Å². The van der Waals surface area contributed by atoms with Crippen LogP contribution < -0.4 is 10.6 Å². The minimum absolute atomic E-state index is 0.314. The van der Waals surface area contributed by atoms with Crippen LogP contribution in [0.25, 0.3) is 0 Å². The summed E-state index contributed by atoms with van der Waals surface area (Å²) in [6, 6.07) is 4.33. The molecule has 2 amide bonds. The molecule has 1 aromatic carbocycles. The molecule has 0 heterocycles. The van der Waals surface area contributed by atoms with E-state index in [1.807, 2.05) is 0 Å². The molecule has 1 aromatic rings. The molecule has 0 aliphatic rings. The van der Waals surface area contributed by atoms with Gasteiger partial charge in [-0.25, -0.2) is 4.79 Å². The standard InChI is InChI=1S/C9H9ClN2O2/c1-11-9(14)12-7-3-2-6(5-13)8(10)4-7/h2-5H,1H3,(H2,11,12,14). The lowest BCUT2D eigenvalue weighted by Gasteiger charge is -2.05. The first-order valence-electron chi connectivity index (χ1n) is 3.91. The molecular formula is C9H9ClN2O2. The summed E-state index contributed by atoms with van der Waals surface area (Å²) in [5, 5.41) is 5.25. The molecule has 4 nitrogen and oxygen atoms in total. The molecule has 1 rings (SSSR count). The van der Waals surface area contributed by atoms with E-state index in [0.29, 0.717) is 22.6 Å². The Balaban J connectivity index is 2.86. The number of aldehydes is 1. The van der Waals surface area contributed by atoms with Gasteiger partial charge in [0, 0.05) is 18.3 Å². The molecule has 0 aromatic heterocycles. The first-order valence-corrected chi connectivity index (χ1v) is 4.28. The van der Waals surface area contributed by atoms with Gasteiger partial charge in [0.2, 0.25) is 0 Å². The highest BCUT2D eigenvalue weighted by Gasteiger charge is 2.02. The van der Waals surface area contributed by atoms with Crippen LogP contribution in [-0.4, -0.2) is 19.4 Å². The number of halogens is 1. The van der Waals surface area contributed by atoms with Gasteiger partial charge in [-0.05, 0) is 18.2 Å². The Kier molecular flexibility index (Phi) is 3.48. The largest absolute Gasteiger partial charge is 0.341 e. The number of carbonyl (C=O) groups is 2. The summed E-state index contributed by atoms with van der Waals surface area (Å²) in [4.78, 5) is 21.3. The quantitative estimate of drug-likeness (QED) is 0.736. The highest BCUT2D eigenvalue weighted by atomic mass is 35.5. The van der Waals surface area contributed by atoms with Crippen LogP contribution >= 0.6 is 11.6 Å². The Morgan fingerprint density at radius 3 is 2.71 bits per heavy atom. The van der Waals surface area contributed by atoms with Crippen LogP contribution in [0, 0.1) is 0 Å². The number of urea groups is 1. The molecule has 0 bridgehead atoms. The third kappa shape index (κ3) is 2.47. The van der Waals surface area contributed by atoms with E-state index in [4.69, 9.17) is 11.6 Å². The second kappa shape index (κ2) is 4.62. The van der Waals surface area contributed by atoms with Gasteiger partial charge in [0.15, 0.2) is 6.29 Å². The highest BCUT2D eigenvalue weighted by Crippen LogP contribution is 2.19. The van der Waals surface area contributed by atoms with E-state index < -0.39 is 0 Å². The SMILES string of the molecule is CNC(=O)Nc1ccc(C=O)c(Cl)c1. The third-order valence-corrected chi connectivity index (χ3v) is 1.94. The molecule has 0 radical (unpaired) electrons. The molecule has 5 heteroatoms. The van der Waals surface area contributed by atoms with E-state index >= 15 is 0 Å². The van der Waals surface area contributed by atoms with Crippen LogP contribution in [0.2, 0.25) is 5.02 Å². The van der Waals surface area contributed by atoms with Gasteiger partial charge in [0.05, 0.1) is 5.02 Å². The molecule has 14 heavy (non-hydrogen) atoms. The molecule has 2 N–H and O–H groups in total. The van der Waals surface area contributed by atoms with Crippen molar-refractivity contribution in [1.82, 2.24) is 5.32 Å². The van der Waals surface area contributed by atoms with Crippen LogP contribution in [0.3, 0.4) is 0 Å². The lowest BCUT2D eigenvalue weighted by Crippen LogP contribution is -2.24. The highest BCUT2D eigenvalue weighted by molar-refractivity contribution is 6.33. The van der Waals surface area contributed by atoms with E-state index in [2.05, 4.69) is 10.6 Å². The molecule has 0 spiro atoms. The summed E-state index contributed by atoms with van der Waals surface area (Å²) in [6.07, 6.45) is 0.659. The van der Waals surface area contributed by atoms with Crippen molar-refractivity contribution in [3.8, 4) is 0 Å². The fourth-order valence-corrected chi connectivity index (χ4v) is 1.12. The number of amides is 2. The topological polar surface area (TPSA) is 58.2 Å². The van der Waals surface area contributed by atoms with Gasteiger partial charge >= 0.3 is 6.03 Å². The van der Waals surface area contributed by atoms with Crippen molar-refractivity contribution < 1.29 is 9.59 Å². The molecule has 0 fully saturated rings. The summed E-state index contributed by atoms with van der Waals surface area (Å²) in [7, 11) is 1.51. The van der Waals surface area contributed by atoms with E-state index in [1.165, 1.54) is 13.1 Å². The second-order valence-electron chi connectivity index (χ2n) is 2.56. The van der Waals surface area contributed by atoms with E-state index in [-0.39, 0.29) is 6.03 Å². The van der Waals surface area contributed by atoms with E-state index in [1.54, 1.807) is 12.1 Å². The average molecular weight is 213 g/mol. The van der Waals surface area contributed by atoms with Gasteiger partial charge in [-0.15, -0.1) is 0 Å². The molecule has 74 valence electrons. The van der Waals surface area contributed by atoms with Crippen LogP contribution in [0.15, 0.2) is 18.2 Å². The number of nitrogens with one attached hydrogen (secondary N) is 2. The molecule has 0 atom stereocenters. The van der Waals surface area contributed by atoms with E-state index in [0.717, 1.165) is 0 Å². The van der Waals surface area contributed by atoms with Crippen molar-refractivity contribution in [3.63, 3.8) is 0 Å². The lowest BCUT2D eigenvalue weighted by molar-refractivity contribution is 0.112. The molecular weight excluding hydrogens is 204 g/mol. The Bertz CT molecular complexity index is 366. The predicted octanol–water partition coefficient (Wildman–Crippen LogP) is 1.90. The zero-order valence-electron chi connectivity index (χ0n) is 7.50. The van der Waals surface area contributed by atoms with Gasteiger partial charge < -0.3 is 10.6 Å². The Morgan fingerprint density at radius 1 is 1.50 bits per heavy atom. The fourth-order valence-electron chi connectivity index (χ4n) is 0.894. The number of hydrogen-bond donors (Lipinski definition) is 2. The van der Waals surface area contributed by atoms with Crippen molar-refractivity contribution in [1.29, 1.82) is 0 Å². The summed E-state index contributed by atoms with van der Waals surface area (Å²) in [6.45, 7) is 0. The zero-order chi connectivity index (χ0) is 10.6. The summed E-state index contributed by atoms with van der Waals surface area (Å²) in [5.74, 6) is 0. The summed E-state index contributed by atoms with van der Waals surface area (Å²) >= 11 is 5.75. The minimum Gasteiger partial charge on any atom is -0.341 e. The predicted molar refractivity (Wildman–Crippen MR) is 54.9 cm³/mol. The van der Waals surface area contributed by atoms with Crippen LogP contribution in [0.1, 0.15) is 10.4 Å². The molecule has 0 unspecified atom stereocenters. The van der Waals surface area contributed by atoms with Crippen LogP contribution in [-0.2, 0) is 0 Å². The van der Waals surface area contributed by atoms with Gasteiger partial charge in [0.1, 0.15) is 0 Å². The Hall–Kier alpha value is -1.55. The van der Waals surface area contributed by atoms with Gasteiger partial charge in [-0.2, -0.15) is 0 Å². The number of anilines is 1. The van der Waals surface area contributed by atoms with Gasteiger partial charge in [-0.3, -0.25) is 4.79 Å². The van der Waals surface area contributed by atoms with Gasteiger partial charge in [-0.1, -0.05) is 11.6 Å². The first kappa shape index (κ1) is 10.5. The minimum atomic E-state index is -0.333. The lowest BCUT2D eigenvalue weighted by atomic mass is 10.2.